The second-order valence-corrected chi connectivity index (χ2v) is 9.40. The normalized spacial score (nSPS) is 16.9. The zero-order chi connectivity index (χ0) is 26.7. The molecular weight excluding hydrogens is 499 g/mol. The highest BCUT2D eigenvalue weighted by molar-refractivity contribution is 5.46. The lowest BCUT2D eigenvalue weighted by atomic mass is 9.86. The summed E-state index contributed by atoms with van der Waals surface area (Å²) in [4.78, 5) is 9.64. The van der Waals surface area contributed by atoms with Crippen LogP contribution in [-0.4, -0.2) is 77.7 Å². The molecule has 10 nitrogen and oxygen atoms in total. The van der Waals surface area contributed by atoms with Gasteiger partial charge in [-0.15, -0.1) is 10.2 Å². The maximum Gasteiger partial charge on any atom is 0.176 e. The van der Waals surface area contributed by atoms with Crippen LogP contribution in [0.15, 0.2) is 55.1 Å². The van der Waals surface area contributed by atoms with Crippen LogP contribution < -0.4 is 4.90 Å². The largest absolute Gasteiger partial charge is 0.381 e. The van der Waals surface area contributed by atoms with Crippen molar-refractivity contribution in [2.75, 3.05) is 37.6 Å². The zero-order valence-electron chi connectivity index (χ0n) is 20.8. The van der Waals surface area contributed by atoms with Crippen molar-refractivity contribution in [2.45, 2.75) is 31.5 Å². The quantitative estimate of drug-likeness (QED) is 0.354. The Balaban J connectivity index is 1.24. The molecule has 2 aromatic heterocycles. The molecule has 1 saturated heterocycles. The molecule has 1 aliphatic heterocycles. The first-order chi connectivity index (χ1) is 18.3. The Morgan fingerprint density at radius 1 is 1.00 bits per heavy atom. The number of tetrazole rings is 1. The summed E-state index contributed by atoms with van der Waals surface area (Å²) in [6, 6.07) is 8.67. The van der Waals surface area contributed by atoms with Crippen LogP contribution in [0.1, 0.15) is 24.4 Å². The van der Waals surface area contributed by atoms with Crippen molar-refractivity contribution >= 4 is 5.69 Å². The topological polar surface area (TPSA) is 101 Å². The molecule has 0 radical (unpaired) electrons. The lowest BCUT2D eigenvalue weighted by molar-refractivity contribution is -0.0418. The molecule has 1 aliphatic rings. The third-order valence-corrected chi connectivity index (χ3v) is 6.99. The molecule has 13 heteroatoms. The third kappa shape index (κ3) is 5.53. The average molecular weight is 528 g/mol. The fourth-order valence-electron chi connectivity index (χ4n) is 4.69. The molecule has 200 valence electrons. The van der Waals surface area contributed by atoms with Gasteiger partial charge in [-0.1, -0.05) is 6.07 Å². The summed E-state index contributed by atoms with van der Waals surface area (Å²) in [6.07, 6.45) is 3.24. The van der Waals surface area contributed by atoms with Crippen LogP contribution in [0.25, 0.3) is 0 Å². The van der Waals surface area contributed by atoms with Crippen LogP contribution >= 0.6 is 0 Å². The highest BCUT2D eigenvalue weighted by Gasteiger charge is 2.41. The minimum Gasteiger partial charge on any atom is -0.381 e. The second kappa shape index (κ2) is 10.9. The van der Waals surface area contributed by atoms with E-state index in [9.17, 15) is 18.3 Å². The molecule has 3 heterocycles. The van der Waals surface area contributed by atoms with Crippen molar-refractivity contribution in [1.82, 2.24) is 39.9 Å². The molecule has 38 heavy (non-hydrogen) atoms. The molecule has 0 aliphatic carbocycles. The van der Waals surface area contributed by atoms with E-state index in [4.69, 9.17) is 0 Å². The maximum atomic E-state index is 14.8. The Morgan fingerprint density at radius 3 is 2.42 bits per heavy atom. The molecule has 0 amide bonds. The number of rotatable bonds is 9. The van der Waals surface area contributed by atoms with Gasteiger partial charge in [-0.2, -0.15) is 9.90 Å². The summed E-state index contributed by atoms with van der Waals surface area (Å²) in [6.45, 7) is 5.51. The number of aliphatic hydroxyl groups is 1. The van der Waals surface area contributed by atoms with Crippen LogP contribution in [0, 0.1) is 17.5 Å². The number of nitrogens with zero attached hydrogens (tertiary/aromatic N) is 9. The van der Waals surface area contributed by atoms with Gasteiger partial charge in [0.05, 0.1) is 6.54 Å². The van der Waals surface area contributed by atoms with Crippen molar-refractivity contribution in [2.24, 2.45) is 0 Å². The SMILES string of the molecule is C[C@H](n1nnc(CCN2CCN(c3ccc(F)cc3)CC2)n1)[C@](O)(Cn1cncn1)c1ccc(F)cc1F. The van der Waals surface area contributed by atoms with E-state index < -0.39 is 23.3 Å². The first-order valence-electron chi connectivity index (χ1n) is 12.3. The van der Waals surface area contributed by atoms with E-state index >= 15 is 0 Å². The summed E-state index contributed by atoms with van der Waals surface area (Å²) in [5.74, 6) is -1.40. The van der Waals surface area contributed by atoms with Gasteiger partial charge in [-0.3, -0.25) is 4.90 Å². The Labute approximate surface area is 217 Å². The smallest absolute Gasteiger partial charge is 0.176 e. The van der Waals surface area contributed by atoms with Gasteiger partial charge in [0.25, 0.3) is 0 Å². The lowest BCUT2D eigenvalue weighted by Crippen LogP contribution is -2.47. The van der Waals surface area contributed by atoms with Crippen LogP contribution in [0.2, 0.25) is 0 Å². The molecule has 0 spiro atoms. The molecule has 0 saturated carbocycles. The zero-order valence-corrected chi connectivity index (χ0v) is 20.8. The number of anilines is 1. The van der Waals surface area contributed by atoms with Crippen LogP contribution in [0.4, 0.5) is 18.9 Å². The minimum absolute atomic E-state index is 0.111. The molecule has 0 unspecified atom stereocenters. The number of aromatic nitrogens is 7. The van der Waals surface area contributed by atoms with Gasteiger partial charge >= 0.3 is 0 Å². The standard InChI is InChI=1S/C25H28F3N9O/c1-18(25(38,15-36-17-29-16-30-36)22-7-4-20(27)14-23(22)28)37-32-24(31-33-37)8-9-34-10-12-35(13-11-34)21-5-2-19(26)3-6-21/h2-7,14,16-18,38H,8-13,15H2,1H3/t18-,25+/m0/s1. The number of hydrogen-bond donors (Lipinski definition) is 1. The Hall–Kier alpha value is -3.84. The minimum atomic E-state index is -1.87. The van der Waals surface area contributed by atoms with Crippen molar-refractivity contribution in [3.8, 4) is 0 Å². The van der Waals surface area contributed by atoms with Crippen molar-refractivity contribution < 1.29 is 18.3 Å². The average Bonchev–Trinajstić information content (AvgIpc) is 3.60. The fourth-order valence-corrected chi connectivity index (χ4v) is 4.69. The van der Waals surface area contributed by atoms with E-state index in [0.29, 0.717) is 18.8 Å². The number of piperazine rings is 1. The number of hydrogen-bond acceptors (Lipinski definition) is 8. The molecule has 2 aromatic carbocycles. The first kappa shape index (κ1) is 25.8. The Kier molecular flexibility index (Phi) is 7.38. The van der Waals surface area contributed by atoms with Crippen molar-refractivity contribution in [3.63, 3.8) is 0 Å². The monoisotopic (exact) mass is 527 g/mol. The predicted octanol–water partition coefficient (Wildman–Crippen LogP) is 2.20. The van der Waals surface area contributed by atoms with E-state index in [1.165, 1.54) is 40.3 Å². The van der Waals surface area contributed by atoms with Crippen LogP contribution in [-0.2, 0) is 18.6 Å². The third-order valence-electron chi connectivity index (χ3n) is 6.99. The van der Waals surface area contributed by atoms with Gasteiger partial charge in [-0.25, -0.2) is 22.8 Å². The lowest BCUT2D eigenvalue weighted by Gasteiger charge is -2.36. The highest BCUT2D eigenvalue weighted by Crippen LogP contribution is 2.36. The van der Waals surface area contributed by atoms with Gasteiger partial charge < -0.3 is 10.0 Å². The molecule has 5 rings (SSSR count). The van der Waals surface area contributed by atoms with Gasteiger partial charge in [0.2, 0.25) is 0 Å². The van der Waals surface area contributed by atoms with Crippen molar-refractivity contribution in [3.05, 3.63) is 84.0 Å². The molecule has 4 aromatic rings. The summed E-state index contributed by atoms with van der Waals surface area (Å²) in [5, 5.41) is 28.5. The van der Waals surface area contributed by atoms with E-state index in [-0.39, 0.29) is 17.9 Å². The highest BCUT2D eigenvalue weighted by atomic mass is 19.1. The van der Waals surface area contributed by atoms with Crippen LogP contribution in [0.3, 0.4) is 0 Å². The maximum absolute atomic E-state index is 14.8. The van der Waals surface area contributed by atoms with Crippen LogP contribution in [0.5, 0.6) is 0 Å². The summed E-state index contributed by atoms with van der Waals surface area (Å²) in [5.41, 5.74) is -0.986. The summed E-state index contributed by atoms with van der Waals surface area (Å²) in [7, 11) is 0. The molecule has 2 atom stereocenters. The van der Waals surface area contributed by atoms with Crippen molar-refractivity contribution in [1.29, 1.82) is 0 Å². The van der Waals surface area contributed by atoms with Gasteiger partial charge in [0.1, 0.15) is 41.7 Å². The molecule has 1 fully saturated rings. The Morgan fingerprint density at radius 2 is 1.74 bits per heavy atom. The fraction of sp³-hybridized carbons (Fsp3) is 0.400. The van der Waals surface area contributed by atoms with E-state index in [0.717, 1.165) is 44.0 Å². The van der Waals surface area contributed by atoms with E-state index in [1.807, 2.05) is 0 Å². The molecule has 0 bridgehead atoms. The van der Waals surface area contributed by atoms with E-state index in [2.05, 4.69) is 35.3 Å². The molecular formula is C25H28F3N9O. The number of benzene rings is 2. The number of halogens is 3. The predicted molar refractivity (Wildman–Crippen MR) is 132 cm³/mol. The second-order valence-electron chi connectivity index (χ2n) is 9.40. The van der Waals surface area contributed by atoms with E-state index in [1.54, 1.807) is 19.1 Å². The van der Waals surface area contributed by atoms with Gasteiger partial charge in [-0.05, 0) is 42.5 Å². The summed E-state index contributed by atoms with van der Waals surface area (Å²) >= 11 is 0. The van der Waals surface area contributed by atoms with Gasteiger partial charge in [0, 0.05) is 56.5 Å². The summed E-state index contributed by atoms with van der Waals surface area (Å²) < 4.78 is 43.0. The molecule has 1 N–H and O–H groups in total. The Bertz CT molecular complexity index is 1340. The van der Waals surface area contributed by atoms with Gasteiger partial charge in [0.15, 0.2) is 5.82 Å². The first-order valence-corrected chi connectivity index (χ1v) is 12.3.